The zero-order chi connectivity index (χ0) is 11.7. The summed E-state index contributed by atoms with van der Waals surface area (Å²) in [5.41, 5.74) is 1.24. The second-order valence-electron chi connectivity index (χ2n) is 5.29. The highest BCUT2D eigenvalue weighted by atomic mass is 16.7. The van der Waals surface area contributed by atoms with E-state index in [1.165, 1.54) is 24.8 Å². The lowest BCUT2D eigenvalue weighted by Crippen LogP contribution is -2.40. The molecule has 0 radical (unpaired) electrons. The van der Waals surface area contributed by atoms with Crippen LogP contribution in [0.3, 0.4) is 0 Å². The number of hydrogen-bond acceptors (Lipinski definition) is 2. The molecule has 2 fully saturated rings. The van der Waals surface area contributed by atoms with Gasteiger partial charge in [0.1, 0.15) is 6.10 Å². The Morgan fingerprint density at radius 1 is 1.18 bits per heavy atom. The van der Waals surface area contributed by atoms with Crippen LogP contribution in [0.25, 0.3) is 0 Å². The summed E-state index contributed by atoms with van der Waals surface area (Å²) in [5.74, 6) is 0.226. The topological polar surface area (TPSA) is 18.5 Å². The van der Waals surface area contributed by atoms with Gasteiger partial charge in [-0.05, 0) is 18.4 Å². The molecule has 0 N–H and O–H groups in total. The van der Waals surface area contributed by atoms with Gasteiger partial charge in [0.05, 0.1) is 6.61 Å². The minimum absolute atomic E-state index is 0.122. The van der Waals surface area contributed by atoms with Gasteiger partial charge in [0, 0.05) is 12.3 Å². The average molecular weight is 232 g/mol. The van der Waals surface area contributed by atoms with Crippen LogP contribution in [0, 0.1) is 5.92 Å². The summed E-state index contributed by atoms with van der Waals surface area (Å²) in [6, 6.07) is 10.4. The highest BCUT2D eigenvalue weighted by molar-refractivity contribution is 5.18. The van der Waals surface area contributed by atoms with Gasteiger partial charge in [-0.2, -0.15) is 0 Å². The molecule has 0 amide bonds. The minimum Gasteiger partial charge on any atom is -0.347 e. The molecule has 2 nitrogen and oxygen atoms in total. The molecule has 1 saturated heterocycles. The van der Waals surface area contributed by atoms with Crippen molar-refractivity contribution in [2.75, 3.05) is 6.61 Å². The third-order valence-corrected chi connectivity index (χ3v) is 4.16. The Morgan fingerprint density at radius 3 is 2.76 bits per heavy atom. The Kier molecular flexibility index (Phi) is 2.93. The molecular formula is C15H20O2. The first-order valence-corrected chi connectivity index (χ1v) is 6.67. The zero-order valence-corrected chi connectivity index (χ0v) is 10.4. The fourth-order valence-corrected chi connectivity index (χ4v) is 3.04. The van der Waals surface area contributed by atoms with Crippen LogP contribution < -0.4 is 0 Å². The van der Waals surface area contributed by atoms with Crippen molar-refractivity contribution >= 4 is 0 Å². The lowest BCUT2D eigenvalue weighted by molar-refractivity contribution is -0.217. The van der Waals surface area contributed by atoms with Crippen LogP contribution in [0.1, 0.15) is 44.3 Å². The monoisotopic (exact) mass is 232 g/mol. The Bertz CT molecular complexity index is 376. The first-order chi connectivity index (χ1) is 8.30. The zero-order valence-electron chi connectivity index (χ0n) is 10.4. The average Bonchev–Trinajstić information content (AvgIpc) is 2.80. The number of hydrogen-bond donors (Lipinski definition) is 0. The molecule has 3 rings (SSSR count). The third-order valence-electron chi connectivity index (χ3n) is 4.16. The molecule has 1 aliphatic carbocycles. The standard InChI is InChI=1S/C15H20O2/c1-12-7-5-6-10-15(12)16-11-14(17-15)13-8-3-2-4-9-13/h2-4,8-9,12,14H,5-7,10-11H2,1H3. The van der Waals surface area contributed by atoms with Gasteiger partial charge in [0.25, 0.3) is 0 Å². The molecule has 2 aliphatic rings. The van der Waals surface area contributed by atoms with Crippen molar-refractivity contribution in [2.24, 2.45) is 5.92 Å². The molecule has 1 aliphatic heterocycles. The van der Waals surface area contributed by atoms with E-state index in [0.717, 1.165) is 6.42 Å². The Labute approximate surface area is 103 Å². The predicted molar refractivity (Wildman–Crippen MR) is 66.6 cm³/mol. The molecule has 17 heavy (non-hydrogen) atoms. The molecule has 2 heteroatoms. The van der Waals surface area contributed by atoms with Gasteiger partial charge in [-0.1, -0.05) is 43.7 Å². The molecule has 0 aromatic heterocycles. The molecule has 1 saturated carbocycles. The molecule has 1 spiro atoms. The lowest BCUT2D eigenvalue weighted by atomic mass is 9.84. The van der Waals surface area contributed by atoms with Crippen molar-refractivity contribution in [3.8, 4) is 0 Å². The Balaban J connectivity index is 1.77. The molecule has 0 bridgehead atoms. The van der Waals surface area contributed by atoms with Crippen molar-refractivity contribution in [1.29, 1.82) is 0 Å². The van der Waals surface area contributed by atoms with Crippen LogP contribution in [0.5, 0.6) is 0 Å². The van der Waals surface area contributed by atoms with Gasteiger partial charge in [-0.25, -0.2) is 0 Å². The van der Waals surface area contributed by atoms with Crippen molar-refractivity contribution in [1.82, 2.24) is 0 Å². The molecule has 1 heterocycles. The van der Waals surface area contributed by atoms with Crippen LogP contribution in [-0.2, 0) is 9.47 Å². The third kappa shape index (κ3) is 2.00. The smallest absolute Gasteiger partial charge is 0.171 e. The van der Waals surface area contributed by atoms with Gasteiger partial charge < -0.3 is 9.47 Å². The SMILES string of the molecule is CC1CCCCC12OCC(c1ccccc1)O2. The van der Waals surface area contributed by atoms with Gasteiger partial charge in [-0.3, -0.25) is 0 Å². The minimum atomic E-state index is -0.293. The van der Waals surface area contributed by atoms with Gasteiger partial charge >= 0.3 is 0 Å². The normalized spacial score (nSPS) is 37.5. The maximum absolute atomic E-state index is 6.27. The molecule has 3 atom stereocenters. The quantitative estimate of drug-likeness (QED) is 0.735. The van der Waals surface area contributed by atoms with E-state index in [1.807, 2.05) is 6.07 Å². The number of benzene rings is 1. The Morgan fingerprint density at radius 2 is 2.00 bits per heavy atom. The van der Waals surface area contributed by atoms with Crippen LogP contribution in [0.4, 0.5) is 0 Å². The second-order valence-corrected chi connectivity index (χ2v) is 5.29. The van der Waals surface area contributed by atoms with E-state index in [1.54, 1.807) is 0 Å². The summed E-state index contributed by atoms with van der Waals surface area (Å²) >= 11 is 0. The van der Waals surface area contributed by atoms with E-state index in [0.29, 0.717) is 12.5 Å². The first-order valence-electron chi connectivity index (χ1n) is 6.67. The van der Waals surface area contributed by atoms with Crippen LogP contribution >= 0.6 is 0 Å². The van der Waals surface area contributed by atoms with Crippen molar-refractivity contribution in [2.45, 2.75) is 44.5 Å². The van der Waals surface area contributed by atoms with Crippen molar-refractivity contribution in [3.05, 3.63) is 35.9 Å². The maximum Gasteiger partial charge on any atom is 0.171 e. The molecule has 92 valence electrons. The first kappa shape index (κ1) is 11.2. The summed E-state index contributed by atoms with van der Waals surface area (Å²) in [4.78, 5) is 0. The maximum atomic E-state index is 6.27. The van der Waals surface area contributed by atoms with E-state index in [4.69, 9.17) is 9.47 Å². The van der Waals surface area contributed by atoms with Crippen molar-refractivity contribution < 1.29 is 9.47 Å². The summed E-state index contributed by atoms with van der Waals surface area (Å²) in [5, 5.41) is 0. The fourth-order valence-electron chi connectivity index (χ4n) is 3.04. The Hall–Kier alpha value is -0.860. The molecule has 1 aromatic rings. The van der Waals surface area contributed by atoms with Gasteiger partial charge in [0.15, 0.2) is 5.79 Å². The molecular weight excluding hydrogens is 212 g/mol. The second kappa shape index (κ2) is 4.43. The van der Waals surface area contributed by atoms with Gasteiger partial charge in [-0.15, -0.1) is 0 Å². The predicted octanol–water partition coefficient (Wildman–Crippen LogP) is 3.68. The number of rotatable bonds is 1. The van der Waals surface area contributed by atoms with E-state index in [9.17, 15) is 0 Å². The van der Waals surface area contributed by atoms with Crippen molar-refractivity contribution in [3.63, 3.8) is 0 Å². The van der Waals surface area contributed by atoms with E-state index in [2.05, 4.69) is 31.2 Å². The van der Waals surface area contributed by atoms with Crippen LogP contribution in [0.2, 0.25) is 0 Å². The van der Waals surface area contributed by atoms with Crippen LogP contribution in [-0.4, -0.2) is 12.4 Å². The largest absolute Gasteiger partial charge is 0.347 e. The van der Waals surface area contributed by atoms with E-state index >= 15 is 0 Å². The number of ether oxygens (including phenoxy) is 2. The fraction of sp³-hybridized carbons (Fsp3) is 0.600. The summed E-state index contributed by atoms with van der Waals surface area (Å²) in [6.07, 6.45) is 4.94. The van der Waals surface area contributed by atoms with Gasteiger partial charge in [0.2, 0.25) is 0 Å². The highest BCUT2D eigenvalue weighted by Crippen LogP contribution is 2.45. The van der Waals surface area contributed by atoms with E-state index < -0.39 is 0 Å². The molecule has 1 aromatic carbocycles. The summed E-state index contributed by atoms with van der Waals surface area (Å²) in [7, 11) is 0. The summed E-state index contributed by atoms with van der Waals surface area (Å²) < 4.78 is 12.3. The highest BCUT2D eigenvalue weighted by Gasteiger charge is 2.47. The lowest BCUT2D eigenvalue weighted by Gasteiger charge is -2.37. The summed E-state index contributed by atoms with van der Waals surface area (Å²) in [6.45, 7) is 2.96. The van der Waals surface area contributed by atoms with E-state index in [-0.39, 0.29) is 11.9 Å². The van der Waals surface area contributed by atoms with Crippen LogP contribution in [0.15, 0.2) is 30.3 Å². The molecule has 3 unspecified atom stereocenters.